The zero-order chi connectivity index (χ0) is 15.2. The zero-order valence-corrected chi connectivity index (χ0v) is 12.8. The molecule has 2 rings (SSSR count). The number of aliphatic hydroxyl groups is 1. The quantitative estimate of drug-likeness (QED) is 0.795. The van der Waals surface area contributed by atoms with Crippen LogP contribution in [0.1, 0.15) is 12.6 Å². The first-order chi connectivity index (χ1) is 10.2. The van der Waals surface area contributed by atoms with E-state index in [1.807, 2.05) is 28.8 Å². The number of pyridine rings is 1. The van der Waals surface area contributed by atoms with Gasteiger partial charge in [0.25, 0.3) is 0 Å². The van der Waals surface area contributed by atoms with Crippen molar-refractivity contribution in [2.24, 2.45) is 0 Å². The number of aromatic nitrogens is 2. The van der Waals surface area contributed by atoms with Crippen molar-refractivity contribution in [3.63, 3.8) is 0 Å². The third kappa shape index (κ3) is 3.34. The number of fused-ring (bicyclic) bond motifs is 1. The summed E-state index contributed by atoms with van der Waals surface area (Å²) in [6.45, 7) is 3.88. The first kappa shape index (κ1) is 15.8. The van der Waals surface area contributed by atoms with E-state index >= 15 is 0 Å². The fourth-order valence-corrected chi connectivity index (χ4v) is 2.47. The molecule has 0 bridgehead atoms. The second-order valence-corrected chi connectivity index (χ2v) is 4.96. The number of nitrogens with zero attached hydrogens (tertiary/aromatic N) is 3. The highest BCUT2D eigenvalue weighted by atomic mass is 16.5. The standard InChI is InChI=1S/C15H23N3O3/c1-12(11-21-3)17(8-9-20-2)15-13(10-19)18-7-5-4-6-14(18)16-15/h4-7,12,19H,8-11H2,1-3H3. The van der Waals surface area contributed by atoms with E-state index in [1.165, 1.54) is 0 Å². The molecule has 0 aliphatic rings. The minimum Gasteiger partial charge on any atom is -0.390 e. The molecule has 0 aliphatic heterocycles. The van der Waals surface area contributed by atoms with Gasteiger partial charge >= 0.3 is 0 Å². The van der Waals surface area contributed by atoms with Crippen LogP contribution in [-0.4, -0.2) is 54.5 Å². The second kappa shape index (κ2) is 7.40. The van der Waals surface area contributed by atoms with E-state index < -0.39 is 0 Å². The van der Waals surface area contributed by atoms with Gasteiger partial charge < -0.3 is 19.5 Å². The van der Waals surface area contributed by atoms with Gasteiger partial charge in [0.05, 0.1) is 31.6 Å². The van der Waals surface area contributed by atoms with Crippen LogP contribution in [0.3, 0.4) is 0 Å². The Balaban J connectivity index is 2.42. The molecule has 1 unspecified atom stereocenters. The van der Waals surface area contributed by atoms with Crippen molar-refractivity contribution in [1.29, 1.82) is 0 Å². The Morgan fingerprint density at radius 3 is 2.81 bits per heavy atom. The van der Waals surface area contributed by atoms with E-state index in [0.29, 0.717) is 19.8 Å². The summed E-state index contributed by atoms with van der Waals surface area (Å²) in [5.41, 5.74) is 1.60. The van der Waals surface area contributed by atoms with Crippen molar-refractivity contribution in [3.8, 4) is 0 Å². The third-order valence-electron chi connectivity index (χ3n) is 3.51. The molecule has 0 saturated heterocycles. The van der Waals surface area contributed by atoms with Gasteiger partial charge in [0, 0.05) is 27.0 Å². The lowest BCUT2D eigenvalue weighted by atomic mass is 10.2. The van der Waals surface area contributed by atoms with Gasteiger partial charge in [0.15, 0.2) is 5.82 Å². The maximum Gasteiger partial charge on any atom is 0.153 e. The molecule has 2 heterocycles. The Morgan fingerprint density at radius 2 is 2.14 bits per heavy atom. The van der Waals surface area contributed by atoms with E-state index in [9.17, 15) is 5.11 Å². The molecule has 0 aromatic carbocycles. The minimum atomic E-state index is -0.0658. The lowest BCUT2D eigenvalue weighted by Gasteiger charge is -2.29. The Kier molecular flexibility index (Phi) is 5.55. The Labute approximate surface area is 124 Å². The third-order valence-corrected chi connectivity index (χ3v) is 3.51. The fraction of sp³-hybridized carbons (Fsp3) is 0.533. The summed E-state index contributed by atoms with van der Waals surface area (Å²) in [4.78, 5) is 6.77. The number of ether oxygens (including phenoxy) is 2. The highest BCUT2D eigenvalue weighted by Gasteiger charge is 2.21. The van der Waals surface area contributed by atoms with E-state index in [2.05, 4.69) is 16.8 Å². The molecule has 116 valence electrons. The van der Waals surface area contributed by atoms with E-state index in [1.54, 1.807) is 14.2 Å². The van der Waals surface area contributed by atoms with Gasteiger partial charge in [-0.05, 0) is 19.1 Å². The summed E-state index contributed by atoms with van der Waals surface area (Å²) in [5.74, 6) is 0.783. The van der Waals surface area contributed by atoms with Crippen LogP contribution in [0.15, 0.2) is 24.4 Å². The van der Waals surface area contributed by atoms with Crippen LogP contribution in [0.2, 0.25) is 0 Å². The molecule has 0 fully saturated rings. The molecule has 0 radical (unpaired) electrons. The highest BCUT2D eigenvalue weighted by Crippen LogP contribution is 2.23. The summed E-state index contributed by atoms with van der Waals surface area (Å²) >= 11 is 0. The monoisotopic (exact) mass is 293 g/mol. The molecule has 0 amide bonds. The van der Waals surface area contributed by atoms with Gasteiger partial charge in [-0.2, -0.15) is 0 Å². The van der Waals surface area contributed by atoms with Crippen molar-refractivity contribution < 1.29 is 14.6 Å². The van der Waals surface area contributed by atoms with E-state index in [0.717, 1.165) is 17.2 Å². The largest absolute Gasteiger partial charge is 0.390 e. The molecule has 0 aliphatic carbocycles. The molecule has 1 N–H and O–H groups in total. The molecule has 21 heavy (non-hydrogen) atoms. The number of hydrogen-bond acceptors (Lipinski definition) is 5. The molecular weight excluding hydrogens is 270 g/mol. The van der Waals surface area contributed by atoms with Gasteiger partial charge in [-0.1, -0.05) is 6.07 Å². The van der Waals surface area contributed by atoms with Crippen molar-refractivity contribution in [1.82, 2.24) is 9.38 Å². The number of hydrogen-bond donors (Lipinski definition) is 1. The van der Waals surface area contributed by atoms with Gasteiger partial charge in [-0.15, -0.1) is 0 Å². The summed E-state index contributed by atoms with van der Waals surface area (Å²) in [7, 11) is 3.36. The highest BCUT2D eigenvalue weighted by molar-refractivity contribution is 5.56. The van der Waals surface area contributed by atoms with Crippen molar-refractivity contribution in [3.05, 3.63) is 30.1 Å². The van der Waals surface area contributed by atoms with Crippen molar-refractivity contribution >= 4 is 11.5 Å². The number of rotatable bonds is 8. The van der Waals surface area contributed by atoms with Crippen LogP contribution in [0, 0.1) is 0 Å². The second-order valence-electron chi connectivity index (χ2n) is 4.96. The first-order valence-corrected chi connectivity index (χ1v) is 7.04. The molecule has 2 aromatic rings. The summed E-state index contributed by atoms with van der Waals surface area (Å²) in [5, 5.41) is 9.74. The summed E-state index contributed by atoms with van der Waals surface area (Å²) in [6, 6.07) is 5.93. The van der Waals surface area contributed by atoms with Crippen LogP contribution in [0.25, 0.3) is 5.65 Å². The average Bonchev–Trinajstić information content (AvgIpc) is 2.86. The lowest BCUT2D eigenvalue weighted by Crippen LogP contribution is -2.39. The minimum absolute atomic E-state index is 0.0658. The van der Waals surface area contributed by atoms with Crippen LogP contribution in [0.4, 0.5) is 5.82 Å². The first-order valence-electron chi connectivity index (χ1n) is 7.04. The molecule has 1 atom stereocenters. The lowest BCUT2D eigenvalue weighted by molar-refractivity contribution is 0.170. The maximum absolute atomic E-state index is 9.74. The Hall–Kier alpha value is -1.63. The van der Waals surface area contributed by atoms with Crippen LogP contribution in [-0.2, 0) is 16.1 Å². The molecule has 0 saturated carbocycles. The van der Waals surface area contributed by atoms with Crippen LogP contribution in [0.5, 0.6) is 0 Å². The predicted octanol–water partition coefficient (Wildman–Crippen LogP) is 1.31. The number of aliphatic hydroxyl groups excluding tert-OH is 1. The molecule has 0 spiro atoms. The van der Waals surface area contributed by atoms with Gasteiger partial charge in [0.2, 0.25) is 0 Å². The molecule has 2 aromatic heterocycles. The molecule has 6 heteroatoms. The molecular formula is C15H23N3O3. The van der Waals surface area contributed by atoms with Crippen molar-refractivity contribution in [2.45, 2.75) is 19.6 Å². The summed E-state index contributed by atoms with van der Waals surface area (Å²) < 4.78 is 12.4. The van der Waals surface area contributed by atoms with Gasteiger partial charge in [-0.25, -0.2) is 4.98 Å². The normalized spacial score (nSPS) is 12.8. The number of imidazole rings is 1. The zero-order valence-electron chi connectivity index (χ0n) is 12.8. The van der Waals surface area contributed by atoms with E-state index in [-0.39, 0.29) is 12.6 Å². The SMILES string of the molecule is COCCN(c1nc2ccccn2c1CO)C(C)COC. The summed E-state index contributed by atoms with van der Waals surface area (Å²) in [6.07, 6.45) is 1.91. The van der Waals surface area contributed by atoms with Crippen LogP contribution >= 0.6 is 0 Å². The Morgan fingerprint density at radius 1 is 1.33 bits per heavy atom. The fourth-order valence-electron chi connectivity index (χ4n) is 2.47. The topological polar surface area (TPSA) is 59.2 Å². The van der Waals surface area contributed by atoms with E-state index in [4.69, 9.17) is 9.47 Å². The predicted molar refractivity (Wildman–Crippen MR) is 81.7 cm³/mol. The smallest absolute Gasteiger partial charge is 0.153 e. The number of anilines is 1. The average molecular weight is 293 g/mol. The van der Waals surface area contributed by atoms with Crippen molar-refractivity contribution in [2.75, 3.05) is 38.9 Å². The maximum atomic E-state index is 9.74. The molecule has 6 nitrogen and oxygen atoms in total. The van der Waals surface area contributed by atoms with Gasteiger partial charge in [0.1, 0.15) is 5.65 Å². The van der Waals surface area contributed by atoms with Gasteiger partial charge in [-0.3, -0.25) is 4.40 Å². The Bertz CT molecular complexity index is 570. The number of methoxy groups -OCH3 is 2. The van der Waals surface area contributed by atoms with Crippen LogP contribution < -0.4 is 4.90 Å².